The maximum absolute atomic E-state index is 5.68. The minimum Gasteiger partial charge on any atom is -0.371 e. The van der Waals surface area contributed by atoms with Crippen LogP contribution in [0.15, 0.2) is 18.2 Å². The molecule has 0 bridgehead atoms. The molecular weight excluding hydrogens is 208 g/mol. The molecule has 0 saturated carbocycles. The molecule has 1 aromatic carbocycles. The van der Waals surface area contributed by atoms with Crippen molar-refractivity contribution in [3.63, 3.8) is 0 Å². The lowest BCUT2D eigenvalue weighted by Crippen LogP contribution is -2.35. The van der Waals surface area contributed by atoms with E-state index < -0.39 is 0 Å². The predicted molar refractivity (Wildman–Crippen MR) is 74.3 cm³/mol. The Labute approximate surface area is 105 Å². The van der Waals surface area contributed by atoms with Crippen molar-refractivity contribution in [3.05, 3.63) is 29.3 Å². The molecule has 1 aliphatic heterocycles. The van der Waals surface area contributed by atoms with Crippen LogP contribution in [0.25, 0.3) is 0 Å². The second kappa shape index (κ2) is 5.54. The molecule has 1 atom stereocenters. The summed E-state index contributed by atoms with van der Waals surface area (Å²) in [6.07, 6.45) is 4.03. The molecule has 2 heteroatoms. The van der Waals surface area contributed by atoms with Gasteiger partial charge in [0.15, 0.2) is 0 Å². The van der Waals surface area contributed by atoms with Crippen molar-refractivity contribution in [2.75, 3.05) is 18.0 Å². The van der Waals surface area contributed by atoms with Crippen molar-refractivity contribution < 1.29 is 0 Å². The van der Waals surface area contributed by atoms with Crippen LogP contribution >= 0.6 is 0 Å². The summed E-state index contributed by atoms with van der Waals surface area (Å²) in [5.74, 6) is 0.873. The number of piperidine rings is 1. The summed E-state index contributed by atoms with van der Waals surface area (Å²) in [7, 11) is 0. The Bertz CT molecular complexity index is 373. The van der Waals surface area contributed by atoms with E-state index in [1.165, 1.54) is 49.2 Å². The first kappa shape index (κ1) is 12.4. The maximum atomic E-state index is 5.68. The van der Waals surface area contributed by atoms with Crippen LogP contribution in [-0.4, -0.2) is 13.1 Å². The number of hydrogen-bond donors (Lipinski definition) is 1. The van der Waals surface area contributed by atoms with Gasteiger partial charge in [0.05, 0.1) is 0 Å². The van der Waals surface area contributed by atoms with E-state index in [1.54, 1.807) is 0 Å². The Morgan fingerprint density at radius 1 is 1.41 bits per heavy atom. The van der Waals surface area contributed by atoms with Gasteiger partial charge in [-0.25, -0.2) is 0 Å². The standard InChI is InChI=1S/C15H24N2/c1-3-13-5-4-8-17(11-13)15-7-6-14(10-16)9-12(15)2/h6-7,9,13H,3-5,8,10-11,16H2,1-2H3. The first-order valence-corrected chi connectivity index (χ1v) is 6.79. The van der Waals surface area contributed by atoms with Gasteiger partial charge in [-0.2, -0.15) is 0 Å². The normalized spacial score (nSPS) is 20.6. The van der Waals surface area contributed by atoms with Crippen molar-refractivity contribution in [3.8, 4) is 0 Å². The van der Waals surface area contributed by atoms with Crippen LogP contribution < -0.4 is 10.6 Å². The number of aryl methyl sites for hydroxylation is 1. The van der Waals surface area contributed by atoms with Gasteiger partial charge in [-0.3, -0.25) is 0 Å². The van der Waals surface area contributed by atoms with Gasteiger partial charge >= 0.3 is 0 Å². The van der Waals surface area contributed by atoms with E-state index in [1.807, 2.05) is 0 Å². The third-order valence-corrected chi connectivity index (χ3v) is 3.93. The largest absolute Gasteiger partial charge is 0.371 e. The van der Waals surface area contributed by atoms with E-state index >= 15 is 0 Å². The summed E-state index contributed by atoms with van der Waals surface area (Å²) < 4.78 is 0. The van der Waals surface area contributed by atoms with Gasteiger partial charge in [-0.15, -0.1) is 0 Å². The van der Waals surface area contributed by atoms with Crippen LogP contribution in [0.2, 0.25) is 0 Å². The minimum absolute atomic E-state index is 0.638. The highest BCUT2D eigenvalue weighted by Crippen LogP contribution is 2.27. The zero-order valence-corrected chi connectivity index (χ0v) is 11.1. The van der Waals surface area contributed by atoms with Crippen molar-refractivity contribution >= 4 is 5.69 Å². The van der Waals surface area contributed by atoms with E-state index in [0.717, 1.165) is 5.92 Å². The fourth-order valence-electron chi connectivity index (χ4n) is 2.82. The fraction of sp³-hybridized carbons (Fsp3) is 0.600. The maximum Gasteiger partial charge on any atom is 0.0396 e. The topological polar surface area (TPSA) is 29.3 Å². The van der Waals surface area contributed by atoms with Crippen molar-refractivity contribution in [1.82, 2.24) is 0 Å². The van der Waals surface area contributed by atoms with Gasteiger partial charge in [0, 0.05) is 25.3 Å². The highest BCUT2D eigenvalue weighted by atomic mass is 15.1. The van der Waals surface area contributed by atoms with Crippen molar-refractivity contribution in [1.29, 1.82) is 0 Å². The van der Waals surface area contributed by atoms with Gasteiger partial charge in [-0.05, 0) is 42.9 Å². The zero-order chi connectivity index (χ0) is 12.3. The minimum atomic E-state index is 0.638. The summed E-state index contributed by atoms with van der Waals surface area (Å²) in [5.41, 5.74) is 9.68. The molecule has 1 unspecified atom stereocenters. The first-order valence-electron chi connectivity index (χ1n) is 6.79. The molecule has 2 nitrogen and oxygen atoms in total. The monoisotopic (exact) mass is 232 g/mol. The Kier molecular flexibility index (Phi) is 4.06. The number of nitrogens with two attached hydrogens (primary N) is 1. The molecule has 0 aromatic heterocycles. The molecule has 1 aromatic rings. The van der Waals surface area contributed by atoms with Gasteiger partial charge in [-0.1, -0.05) is 25.5 Å². The summed E-state index contributed by atoms with van der Waals surface area (Å²) in [5, 5.41) is 0. The average Bonchev–Trinajstić information content (AvgIpc) is 2.38. The van der Waals surface area contributed by atoms with E-state index in [9.17, 15) is 0 Å². The molecule has 2 N–H and O–H groups in total. The number of rotatable bonds is 3. The molecule has 94 valence electrons. The lowest BCUT2D eigenvalue weighted by atomic mass is 9.94. The lowest BCUT2D eigenvalue weighted by Gasteiger charge is -2.35. The molecule has 0 amide bonds. The number of hydrogen-bond acceptors (Lipinski definition) is 2. The predicted octanol–water partition coefficient (Wildman–Crippen LogP) is 3.08. The van der Waals surface area contributed by atoms with Gasteiger partial charge in [0.1, 0.15) is 0 Å². The molecule has 0 spiro atoms. The molecular formula is C15H24N2. The smallest absolute Gasteiger partial charge is 0.0396 e. The average molecular weight is 232 g/mol. The van der Waals surface area contributed by atoms with E-state index in [2.05, 4.69) is 36.9 Å². The molecule has 2 rings (SSSR count). The second-order valence-corrected chi connectivity index (χ2v) is 5.19. The van der Waals surface area contributed by atoms with Crippen molar-refractivity contribution in [2.45, 2.75) is 39.7 Å². The van der Waals surface area contributed by atoms with Gasteiger partial charge in [0.2, 0.25) is 0 Å². The molecule has 0 aliphatic carbocycles. The van der Waals surface area contributed by atoms with Crippen molar-refractivity contribution in [2.24, 2.45) is 11.7 Å². The summed E-state index contributed by atoms with van der Waals surface area (Å²) >= 11 is 0. The van der Waals surface area contributed by atoms with Crippen LogP contribution in [0, 0.1) is 12.8 Å². The number of anilines is 1. The van der Waals surface area contributed by atoms with E-state index in [0.29, 0.717) is 6.54 Å². The fourth-order valence-corrected chi connectivity index (χ4v) is 2.82. The molecule has 1 fully saturated rings. The number of nitrogens with zero attached hydrogens (tertiary/aromatic N) is 1. The molecule has 17 heavy (non-hydrogen) atoms. The molecule has 1 saturated heterocycles. The third-order valence-electron chi connectivity index (χ3n) is 3.93. The van der Waals surface area contributed by atoms with Gasteiger partial charge in [0.25, 0.3) is 0 Å². The Hall–Kier alpha value is -1.02. The third kappa shape index (κ3) is 2.81. The second-order valence-electron chi connectivity index (χ2n) is 5.19. The molecule has 1 aliphatic rings. The summed E-state index contributed by atoms with van der Waals surface area (Å²) in [6, 6.07) is 6.64. The lowest BCUT2D eigenvalue weighted by molar-refractivity contribution is 0.404. The Balaban J connectivity index is 2.16. The van der Waals surface area contributed by atoms with E-state index in [4.69, 9.17) is 5.73 Å². The first-order chi connectivity index (χ1) is 8.24. The van der Waals surface area contributed by atoms with Crippen LogP contribution in [0.4, 0.5) is 5.69 Å². The summed E-state index contributed by atoms with van der Waals surface area (Å²) in [6.45, 7) is 7.57. The van der Waals surface area contributed by atoms with E-state index in [-0.39, 0.29) is 0 Å². The highest BCUT2D eigenvalue weighted by Gasteiger charge is 2.19. The van der Waals surface area contributed by atoms with Gasteiger partial charge < -0.3 is 10.6 Å². The van der Waals surface area contributed by atoms with Crippen LogP contribution in [0.5, 0.6) is 0 Å². The molecule has 0 radical (unpaired) electrons. The Morgan fingerprint density at radius 3 is 2.88 bits per heavy atom. The van der Waals surface area contributed by atoms with Crippen LogP contribution in [-0.2, 0) is 6.54 Å². The summed E-state index contributed by atoms with van der Waals surface area (Å²) in [4.78, 5) is 2.55. The van der Waals surface area contributed by atoms with Crippen LogP contribution in [0.1, 0.15) is 37.3 Å². The zero-order valence-electron chi connectivity index (χ0n) is 11.1. The quantitative estimate of drug-likeness (QED) is 0.867. The Morgan fingerprint density at radius 2 is 2.24 bits per heavy atom. The highest BCUT2D eigenvalue weighted by molar-refractivity contribution is 5.54. The SMILES string of the molecule is CCC1CCCN(c2ccc(CN)cc2C)C1. The van der Waals surface area contributed by atoms with Crippen LogP contribution in [0.3, 0.4) is 0 Å². The number of benzene rings is 1. The molecule has 1 heterocycles.